The van der Waals surface area contributed by atoms with Gasteiger partial charge in [0, 0.05) is 0 Å². The molecule has 0 atom stereocenters. The molecule has 0 amide bonds. The van der Waals surface area contributed by atoms with E-state index >= 15 is 0 Å². The van der Waals surface area contributed by atoms with E-state index in [1.165, 1.54) is 19.1 Å². The highest BCUT2D eigenvalue weighted by molar-refractivity contribution is 7.98. The monoisotopic (exact) mass is 241 g/mol. The van der Waals surface area contributed by atoms with Gasteiger partial charge in [0.1, 0.15) is 0 Å². The van der Waals surface area contributed by atoms with Crippen LogP contribution in [0.2, 0.25) is 0 Å². The number of nitrogens with two attached hydrogens (primary N) is 1. The smallest absolute Gasteiger partial charge is 0.332 e. The quantitative estimate of drug-likeness (QED) is 0.764. The Morgan fingerprint density at radius 3 is 2.12 bits per heavy atom. The van der Waals surface area contributed by atoms with Gasteiger partial charge in [0.25, 0.3) is 0 Å². The van der Waals surface area contributed by atoms with Crippen LogP contribution >= 0.6 is 0 Å². The molecule has 0 aliphatic rings. The van der Waals surface area contributed by atoms with Crippen molar-refractivity contribution in [2.24, 2.45) is 5.14 Å². The molecule has 3 N–H and O–H groups in total. The average Bonchev–Trinajstić information content (AvgIpc) is 2.17. The predicted octanol–water partition coefficient (Wildman–Crippen LogP) is 0.791. The number of sulfonamides is 1. The Kier molecular flexibility index (Phi) is 3.46. The molecule has 1 rings (SSSR count). The van der Waals surface area contributed by atoms with Crippen LogP contribution in [0.4, 0.5) is 0 Å². The van der Waals surface area contributed by atoms with E-state index < -0.39 is 16.0 Å². The van der Waals surface area contributed by atoms with Crippen molar-refractivity contribution >= 4 is 20.9 Å². The van der Waals surface area contributed by atoms with Crippen molar-refractivity contribution in [2.45, 2.75) is 6.92 Å². The molecule has 1 aromatic rings. The minimum atomic E-state index is -4.06. The van der Waals surface area contributed by atoms with Crippen molar-refractivity contribution < 1.29 is 18.3 Å². The third-order valence-electron chi connectivity index (χ3n) is 1.98. The molecule has 1 aromatic carbocycles. The predicted molar refractivity (Wildman–Crippen MR) is 59.8 cm³/mol. The number of primary sulfonamides is 1. The van der Waals surface area contributed by atoms with Crippen molar-refractivity contribution in [3.05, 3.63) is 41.5 Å². The lowest BCUT2D eigenvalue weighted by Gasteiger charge is -2.07. The molecule has 6 heteroatoms. The number of carboxylic acid groups (broad SMARTS) is 1. The van der Waals surface area contributed by atoms with Gasteiger partial charge in [0.2, 0.25) is 10.0 Å². The van der Waals surface area contributed by atoms with Crippen LogP contribution < -0.4 is 5.14 Å². The zero-order valence-electron chi connectivity index (χ0n) is 8.54. The highest BCUT2D eigenvalue weighted by Crippen LogP contribution is 2.22. The molecule has 0 radical (unpaired) electrons. The fraction of sp³-hybridized carbons (Fsp3) is 0.100. The normalized spacial score (nSPS) is 13.1. The Balaban J connectivity index is 3.53. The Labute approximate surface area is 93.3 Å². The Morgan fingerprint density at radius 2 is 1.75 bits per heavy atom. The van der Waals surface area contributed by atoms with Crippen LogP contribution in [-0.2, 0) is 14.8 Å². The summed E-state index contributed by atoms with van der Waals surface area (Å²) in [7, 11) is -4.06. The second kappa shape index (κ2) is 4.46. The first-order valence-electron chi connectivity index (χ1n) is 4.36. The summed E-state index contributed by atoms with van der Waals surface area (Å²) in [6.45, 7) is 1.20. The number of hydrogen-bond acceptors (Lipinski definition) is 3. The van der Waals surface area contributed by atoms with Crippen LogP contribution in [0, 0.1) is 0 Å². The van der Waals surface area contributed by atoms with Gasteiger partial charge in [-0.2, -0.15) is 0 Å². The highest BCUT2D eigenvalue weighted by Gasteiger charge is 2.21. The summed E-state index contributed by atoms with van der Waals surface area (Å²) >= 11 is 0. The van der Waals surface area contributed by atoms with Gasteiger partial charge in [-0.15, -0.1) is 0 Å². The standard InChI is InChI=1S/C10H11NO4S/c1-7(10(12)13)9(16(11,14)15)8-5-3-2-4-6-8/h2-6H,1H3,(H,12,13)(H2,11,14,15)/b9-7+. The minimum absolute atomic E-state index is 0.268. The summed E-state index contributed by atoms with van der Waals surface area (Å²) in [5.41, 5.74) is -0.0291. The zero-order chi connectivity index (χ0) is 12.3. The van der Waals surface area contributed by atoms with Crippen molar-refractivity contribution in [1.82, 2.24) is 0 Å². The Hall–Kier alpha value is -1.66. The first-order valence-corrected chi connectivity index (χ1v) is 5.91. The topological polar surface area (TPSA) is 97.5 Å². The molecular weight excluding hydrogens is 230 g/mol. The maximum absolute atomic E-state index is 11.3. The highest BCUT2D eigenvalue weighted by atomic mass is 32.2. The summed E-state index contributed by atoms with van der Waals surface area (Å²) in [6.07, 6.45) is 0. The van der Waals surface area contributed by atoms with Crippen LogP contribution in [0.1, 0.15) is 12.5 Å². The average molecular weight is 241 g/mol. The number of hydrogen-bond donors (Lipinski definition) is 2. The molecule has 0 aromatic heterocycles. The molecular formula is C10H11NO4S. The number of benzene rings is 1. The van der Waals surface area contributed by atoms with Gasteiger partial charge >= 0.3 is 5.97 Å². The third kappa shape index (κ3) is 2.68. The van der Waals surface area contributed by atoms with E-state index in [4.69, 9.17) is 10.2 Å². The lowest BCUT2D eigenvalue weighted by molar-refractivity contribution is -0.132. The summed E-state index contributed by atoms with van der Waals surface area (Å²) in [4.78, 5) is 10.4. The number of carbonyl (C=O) groups is 1. The molecule has 86 valence electrons. The Morgan fingerprint density at radius 1 is 1.25 bits per heavy atom. The minimum Gasteiger partial charge on any atom is -0.478 e. The van der Waals surface area contributed by atoms with Gasteiger partial charge in [-0.3, -0.25) is 0 Å². The number of rotatable bonds is 3. The van der Waals surface area contributed by atoms with Crippen LogP contribution in [0.3, 0.4) is 0 Å². The summed E-state index contributed by atoms with van der Waals surface area (Å²) in [5.74, 6) is -1.31. The van der Waals surface area contributed by atoms with Crippen molar-refractivity contribution in [3.63, 3.8) is 0 Å². The summed E-state index contributed by atoms with van der Waals surface area (Å²) in [6, 6.07) is 7.89. The maximum Gasteiger partial charge on any atom is 0.332 e. The van der Waals surface area contributed by atoms with E-state index in [0.29, 0.717) is 0 Å². The first kappa shape index (κ1) is 12.4. The van der Waals surface area contributed by atoms with Crippen molar-refractivity contribution in [2.75, 3.05) is 0 Å². The van der Waals surface area contributed by atoms with Crippen LogP contribution in [0.5, 0.6) is 0 Å². The third-order valence-corrected chi connectivity index (χ3v) is 3.09. The number of carboxylic acids is 1. The lowest BCUT2D eigenvalue weighted by Crippen LogP contribution is -2.17. The first-order chi connectivity index (χ1) is 7.34. The van der Waals surface area contributed by atoms with E-state index in [1.54, 1.807) is 18.2 Å². The van der Waals surface area contributed by atoms with E-state index in [9.17, 15) is 13.2 Å². The number of aliphatic carboxylic acids is 1. The van der Waals surface area contributed by atoms with Crippen LogP contribution in [0.15, 0.2) is 35.9 Å². The molecule has 5 nitrogen and oxygen atoms in total. The molecule has 0 spiro atoms. The lowest BCUT2D eigenvalue weighted by atomic mass is 10.1. The van der Waals surface area contributed by atoms with Gasteiger partial charge in [-0.05, 0) is 12.5 Å². The Bertz CT molecular complexity index is 531. The molecule has 0 bridgehead atoms. The summed E-state index contributed by atoms with van der Waals surface area (Å²) in [5, 5.41) is 13.8. The van der Waals surface area contributed by atoms with Gasteiger partial charge in [0.15, 0.2) is 0 Å². The van der Waals surface area contributed by atoms with Crippen molar-refractivity contribution in [3.8, 4) is 0 Å². The zero-order valence-corrected chi connectivity index (χ0v) is 9.36. The van der Waals surface area contributed by atoms with Crippen molar-refractivity contribution in [1.29, 1.82) is 0 Å². The van der Waals surface area contributed by atoms with E-state index in [2.05, 4.69) is 0 Å². The molecule has 0 aliphatic carbocycles. The van der Waals surface area contributed by atoms with Crippen LogP contribution in [0.25, 0.3) is 4.91 Å². The van der Waals surface area contributed by atoms with Gasteiger partial charge in [-0.25, -0.2) is 18.4 Å². The second-order valence-electron chi connectivity index (χ2n) is 3.17. The fourth-order valence-electron chi connectivity index (χ4n) is 1.28. The fourth-order valence-corrected chi connectivity index (χ4v) is 2.26. The maximum atomic E-state index is 11.3. The molecule has 0 saturated carbocycles. The van der Waals surface area contributed by atoms with Gasteiger partial charge in [0.05, 0.1) is 10.5 Å². The molecule has 0 aliphatic heterocycles. The second-order valence-corrected chi connectivity index (χ2v) is 4.67. The molecule has 0 fully saturated rings. The van der Waals surface area contributed by atoms with Gasteiger partial charge < -0.3 is 5.11 Å². The van der Waals surface area contributed by atoms with E-state index in [0.717, 1.165) is 0 Å². The largest absolute Gasteiger partial charge is 0.478 e. The molecule has 0 unspecified atom stereocenters. The summed E-state index contributed by atoms with van der Waals surface area (Å²) < 4.78 is 22.7. The van der Waals surface area contributed by atoms with E-state index in [1.807, 2.05) is 0 Å². The molecule has 0 heterocycles. The van der Waals surface area contributed by atoms with Gasteiger partial charge in [-0.1, -0.05) is 30.3 Å². The molecule has 16 heavy (non-hydrogen) atoms. The molecule has 0 saturated heterocycles. The van der Waals surface area contributed by atoms with Crippen LogP contribution in [-0.4, -0.2) is 19.5 Å². The van der Waals surface area contributed by atoms with E-state index in [-0.39, 0.29) is 16.0 Å². The SMILES string of the molecule is C/C(C(=O)O)=C(/c1ccccc1)S(N)(=O)=O.